The fraction of sp³-hybridized carbons (Fsp3) is 0.409. The van der Waals surface area contributed by atoms with Crippen LogP contribution in [0.2, 0.25) is 0 Å². The highest BCUT2D eigenvalue weighted by Crippen LogP contribution is 2.18. The third-order valence-electron chi connectivity index (χ3n) is 4.76. The van der Waals surface area contributed by atoms with Crippen LogP contribution in [-0.2, 0) is 21.5 Å². The molecule has 0 aromatic heterocycles. The number of amides is 1. The maximum absolute atomic E-state index is 12.8. The van der Waals surface area contributed by atoms with Gasteiger partial charge in [-0.25, -0.2) is 4.31 Å². The van der Waals surface area contributed by atoms with E-state index in [9.17, 15) is 13.2 Å². The SMILES string of the molecule is CCC(CN(C)Cc1ccccc1)NC(=O)CN(c1ccccc1)S(=O)(=O)N(C)C. The Kier molecular flexibility index (Phi) is 8.83. The van der Waals surface area contributed by atoms with Gasteiger partial charge in [-0.15, -0.1) is 0 Å². The highest BCUT2D eigenvalue weighted by Gasteiger charge is 2.27. The molecule has 0 heterocycles. The number of benzene rings is 2. The number of hydrogen-bond acceptors (Lipinski definition) is 4. The van der Waals surface area contributed by atoms with Crippen molar-refractivity contribution in [1.82, 2.24) is 14.5 Å². The third-order valence-corrected chi connectivity index (χ3v) is 6.58. The normalized spacial score (nSPS) is 12.7. The minimum Gasteiger partial charge on any atom is -0.351 e. The van der Waals surface area contributed by atoms with Gasteiger partial charge in [0.25, 0.3) is 0 Å². The average molecular weight is 433 g/mol. The summed E-state index contributed by atoms with van der Waals surface area (Å²) in [6.45, 7) is 3.18. The summed E-state index contributed by atoms with van der Waals surface area (Å²) in [4.78, 5) is 14.9. The Balaban J connectivity index is 2.04. The first-order valence-corrected chi connectivity index (χ1v) is 11.4. The van der Waals surface area contributed by atoms with Gasteiger partial charge >= 0.3 is 10.2 Å². The van der Waals surface area contributed by atoms with Gasteiger partial charge < -0.3 is 10.2 Å². The number of anilines is 1. The van der Waals surface area contributed by atoms with Crippen molar-refractivity contribution in [3.05, 3.63) is 66.2 Å². The molecule has 0 spiro atoms. The molecule has 1 unspecified atom stereocenters. The topological polar surface area (TPSA) is 73.0 Å². The van der Waals surface area contributed by atoms with E-state index in [0.29, 0.717) is 12.2 Å². The van der Waals surface area contributed by atoms with Crippen LogP contribution in [0.1, 0.15) is 18.9 Å². The number of rotatable bonds is 11. The zero-order valence-electron chi connectivity index (χ0n) is 18.2. The second-order valence-corrected chi connectivity index (χ2v) is 9.55. The second-order valence-electron chi connectivity index (χ2n) is 7.49. The quantitative estimate of drug-likeness (QED) is 0.592. The molecule has 1 atom stereocenters. The van der Waals surface area contributed by atoms with Gasteiger partial charge in [0.2, 0.25) is 5.91 Å². The van der Waals surface area contributed by atoms with Crippen LogP contribution in [0.15, 0.2) is 60.7 Å². The zero-order valence-corrected chi connectivity index (χ0v) is 19.0. The van der Waals surface area contributed by atoms with Crippen molar-refractivity contribution >= 4 is 21.8 Å². The van der Waals surface area contributed by atoms with Gasteiger partial charge in [0, 0.05) is 33.2 Å². The molecule has 7 nitrogen and oxygen atoms in total. The van der Waals surface area contributed by atoms with E-state index in [0.717, 1.165) is 21.6 Å². The molecule has 0 aliphatic rings. The summed E-state index contributed by atoms with van der Waals surface area (Å²) in [6.07, 6.45) is 0.747. The lowest BCUT2D eigenvalue weighted by molar-refractivity contribution is -0.120. The average Bonchev–Trinajstić information content (AvgIpc) is 2.72. The van der Waals surface area contributed by atoms with Gasteiger partial charge in [-0.05, 0) is 31.2 Å². The number of carbonyl (C=O) groups excluding carboxylic acids is 1. The van der Waals surface area contributed by atoms with Crippen molar-refractivity contribution in [2.24, 2.45) is 0 Å². The summed E-state index contributed by atoms with van der Waals surface area (Å²) in [5.41, 5.74) is 1.66. The van der Waals surface area contributed by atoms with Crippen molar-refractivity contribution in [2.75, 3.05) is 38.5 Å². The molecule has 1 amide bonds. The van der Waals surface area contributed by atoms with E-state index in [2.05, 4.69) is 22.3 Å². The molecule has 1 N–H and O–H groups in total. The van der Waals surface area contributed by atoms with Crippen molar-refractivity contribution in [1.29, 1.82) is 0 Å². The van der Waals surface area contributed by atoms with E-state index in [1.165, 1.54) is 19.7 Å². The molecule has 30 heavy (non-hydrogen) atoms. The standard InChI is InChI=1S/C22H32N4O3S/c1-5-20(17-25(4)16-19-12-8-6-9-13-19)23-22(27)18-26(30(28,29)24(2)3)21-14-10-7-11-15-21/h6-15,20H,5,16-18H2,1-4H3,(H,23,27). The van der Waals surface area contributed by atoms with E-state index in [1.54, 1.807) is 30.3 Å². The van der Waals surface area contributed by atoms with Gasteiger partial charge in [-0.1, -0.05) is 55.5 Å². The van der Waals surface area contributed by atoms with Gasteiger partial charge in [-0.2, -0.15) is 12.7 Å². The number of para-hydroxylation sites is 1. The van der Waals surface area contributed by atoms with E-state index in [1.807, 2.05) is 32.2 Å². The Morgan fingerprint density at radius 1 is 0.967 bits per heavy atom. The molecular weight excluding hydrogens is 400 g/mol. The Bertz CT molecular complexity index is 889. The summed E-state index contributed by atoms with van der Waals surface area (Å²) in [7, 11) is 1.12. The van der Waals surface area contributed by atoms with E-state index < -0.39 is 10.2 Å². The third kappa shape index (κ3) is 6.83. The number of nitrogens with one attached hydrogen (secondary N) is 1. The highest BCUT2D eigenvalue weighted by atomic mass is 32.2. The van der Waals surface area contributed by atoms with Gasteiger partial charge in [0.1, 0.15) is 6.54 Å². The maximum Gasteiger partial charge on any atom is 0.304 e. The molecule has 0 aliphatic carbocycles. The van der Waals surface area contributed by atoms with Crippen LogP contribution < -0.4 is 9.62 Å². The Morgan fingerprint density at radius 3 is 2.07 bits per heavy atom. The maximum atomic E-state index is 12.8. The molecule has 2 aromatic rings. The molecule has 164 valence electrons. The van der Waals surface area contributed by atoms with Crippen molar-refractivity contribution in [3.8, 4) is 0 Å². The summed E-state index contributed by atoms with van der Waals surface area (Å²) in [5, 5.41) is 2.99. The zero-order chi connectivity index (χ0) is 22.1. The van der Waals surface area contributed by atoms with Crippen LogP contribution in [0.25, 0.3) is 0 Å². The van der Waals surface area contributed by atoms with Crippen molar-refractivity contribution in [2.45, 2.75) is 25.9 Å². The van der Waals surface area contributed by atoms with Gasteiger partial charge in [0.05, 0.1) is 5.69 Å². The molecule has 2 rings (SSSR count). The lowest BCUT2D eigenvalue weighted by Gasteiger charge is -2.29. The molecule has 0 saturated carbocycles. The minimum absolute atomic E-state index is 0.0779. The first kappa shape index (κ1) is 23.9. The monoisotopic (exact) mass is 432 g/mol. The molecule has 0 fully saturated rings. The fourth-order valence-corrected chi connectivity index (χ4v) is 4.18. The number of hydrogen-bond donors (Lipinski definition) is 1. The number of likely N-dealkylation sites (N-methyl/N-ethyl adjacent to an activating group) is 1. The minimum atomic E-state index is -3.80. The van der Waals surface area contributed by atoms with Gasteiger partial charge in [-0.3, -0.25) is 4.79 Å². The fourth-order valence-electron chi connectivity index (χ4n) is 3.11. The lowest BCUT2D eigenvalue weighted by Crippen LogP contribution is -2.49. The summed E-state index contributed by atoms with van der Waals surface area (Å²) < 4.78 is 27.8. The summed E-state index contributed by atoms with van der Waals surface area (Å²) in [5.74, 6) is -0.329. The van der Waals surface area contributed by atoms with Crippen LogP contribution in [-0.4, -0.2) is 63.8 Å². The van der Waals surface area contributed by atoms with Crippen molar-refractivity contribution in [3.63, 3.8) is 0 Å². The Labute approximate surface area is 180 Å². The van der Waals surface area contributed by atoms with Crippen molar-refractivity contribution < 1.29 is 13.2 Å². The number of carbonyl (C=O) groups is 1. The highest BCUT2D eigenvalue weighted by molar-refractivity contribution is 7.90. The largest absolute Gasteiger partial charge is 0.351 e. The molecule has 8 heteroatoms. The second kappa shape index (κ2) is 11.1. The molecular formula is C22H32N4O3S. The van der Waals surface area contributed by atoms with E-state index in [4.69, 9.17) is 0 Å². The van der Waals surface area contributed by atoms with Crippen LogP contribution in [0.5, 0.6) is 0 Å². The van der Waals surface area contributed by atoms with Crippen LogP contribution in [0, 0.1) is 0 Å². The lowest BCUT2D eigenvalue weighted by atomic mass is 10.1. The molecule has 0 aliphatic heterocycles. The van der Waals surface area contributed by atoms with Gasteiger partial charge in [0.15, 0.2) is 0 Å². The van der Waals surface area contributed by atoms with E-state index in [-0.39, 0.29) is 18.5 Å². The molecule has 0 radical (unpaired) electrons. The smallest absolute Gasteiger partial charge is 0.304 e. The molecule has 0 saturated heterocycles. The summed E-state index contributed by atoms with van der Waals surface area (Å²) >= 11 is 0. The summed E-state index contributed by atoms with van der Waals surface area (Å²) in [6, 6.07) is 18.7. The predicted octanol–water partition coefficient (Wildman–Crippen LogP) is 2.33. The molecule has 2 aromatic carbocycles. The van der Waals surface area contributed by atoms with Crippen LogP contribution in [0.4, 0.5) is 5.69 Å². The Hall–Kier alpha value is -2.42. The van der Waals surface area contributed by atoms with Crippen LogP contribution >= 0.6 is 0 Å². The Morgan fingerprint density at radius 2 is 1.53 bits per heavy atom. The predicted molar refractivity (Wildman–Crippen MR) is 121 cm³/mol. The first-order chi connectivity index (χ1) is 14.2. The van der Waals surface area contributed by atoms with E-state index >= 15 is 0 Å². The first-order valence-electron chi connectivity index (χ1n) is 10.0. The number of nitrogens with zero attached hydrogens (tertiary/aromatic N) is 3. The molecule has 0 bridgehead atoms. The van der Waals surface area contributed by atoms with Crippen LogP contribution in [0.3, 0.4) is 0 Å².